The van der Waals surface area contributed by atoms with Crippen LogP contribution in [0.15, 0.2) is 17.5 Å². The van der Waals surface area contributed by atoms with E-state index >= 15 is 0 Å². The number of fused-ring (bicyclic) bond motifs is 1. The first-order valence-electron chi connectivity index (χ1n) is 4.10. The van der Waals surface area contributed by atoms with Crippen molar-refractivity contribution in [1.29, 1.82) is 0 Å². The van der Waals surface area contributed by atoms with Gasteiger partial charge in [0.05, 0.1) is 7.11 Å². The maximum absolute atomic E-state index is 9.87. The second kappa shape index (κ2) is 3.67. The van der Waals surface area contributed by atoms with Crippen LogP contribution >= 0.6 is 22.9 Å². The quantitative estimate of drug-likeness (QED) is 0.799. The lowest BCUT2D eigenvalue weighted by molar-refractivity contribution is 0.376. The van der Waals surface area contributed by atoms with Crippen molar-refractivity contribution in [2.24, 2.45) is 0 Å². The summed E-state index contributed by atoms with van der Waals surface area (Å²) in [5.41, 5.74) is 0.947. The zero-order valence-corrected chi connectivity index (χ0v) is 9.15. The number of thiophene rings is 1. The molecule has 0 saturated heterocycles. The molecule has 0 unspecified atom stereocenters. The van der Waals surface area contributed by atoms with Gasteiger partial charge >= 0.3 is 0 Å². The molecule has 0 radical (unpaired) electrons. The van der Waals surface area contributed by atoms with E-state index in [2.05, 4.69) is 0 Å². The predicted octanol–water partition coefficient (Wildman–Crippen LogP) is 3.35. The molecule has 0 aliphatic heterocycles. The highest BCUT2D eigenvalue weighted by molar-refractivity contribution is 7.17. The van der Waals surface area contributed by atoms with Crippen molar-refractivity contribution in [2.45, 2.75) is 5.88 Å². The van der Waals surface area contributed by atoms with E-state index in [9.17, 15) is 5.11 Å². The van der Waals surface area contributed by atoms with E-state index in [1.165, 1.54) is 7.11 Å². The number of hydrogen-bond donors (Lipinski definition) is 1. The molecule has 4 heteroatoms. The van der Waals surface area contributed by atoms with Crippen molar-refractivity contribution in [2.75, 3.05) is 7.11 Å². The fourth-order valence-corrected chi connectivity index (χ4v) is 2.68. The Morgan fingerprint density at radius 1 is 1.50 bits per heavy atom. The molecule has 2 nitrogen and oxygen atoms in total. The van der Waals surface area contributed by atoms with Crippen LogP contribution in [0.1, 0.15) is 5.56 Å². The largest absolute Gasteiger partial charge is 0.504 e. The van der Waals surface area contributed by atoms with Crippen LogP contribution < -0.4 is 4.74 Å². The number of aromatic hydroxyl groups is 1. The maximum atomic E-state index is 9.87. The van der Waals surface area contributed by atoms with Gasteiger partial charge in [-0.2, -0.15) is 0 Å². The van der Waals surface area contributed by atoms with Crippen molar-refractivity contribution in [1.82, 2.24) is 0 Å². The number of rotatable bonds is 2. The molecule has 1 aromatic heterocycles. The van der Waals surface area contributed by atoms with E-state index in [0.717, 1.165) is 15.6 Å². The SMILES string of the molecule is COc1ccc2scc(CCl)c2c1O. The van der Waals surface area contributed by atoms with Gasteiger partial charge in [-0.1, -0.05) is 0 Å². The number of methoxy groups -OCH3 is 1. The van der Waals surface area contributed by atoms with E-state index in [1.807, 2.05) is 11.4 Å². The van der Waals surface area contributed by atoms with E-state index in [-0.39, 0.29) is 5.75 Å². The first-order chi connectivity index (χ1) is 6.77. The molecule has 74 valence electrons. The molecule has 14 heavy (non-hydrogen) atoms. The van der Waals surface area contributed by atoms with Crippen molar-refractivity contribution >= 4 is 33.0 Å². The van der Waals surface area contributed by atoms with Crippen molar-refractivity contribution in [3.05, 3.63) is 23.1 Å². The second-order valence-corrected chi connectivity index (χ2v) is 4.06. The number of hydrogen-bond acceptors (Lipinski definition) is 3. The summed E-state index contributed by atoms with van der Waals surface area (Å²) in [6.07, 6.45) is 0. The van der Waals surface area contributed by atoms with E-state index in [0.29, 0.717) is 11.6 Å². The van der Waals surface area contributed by atoms with Crippen LogP contribution in [-0.4, -0.2) is 12.2 Å². The summed E-state index contributed by atoms with van der Waals surface area (Å²) in [5.74, 6) is 1.07. The highest BCUT2D eigenvalue weighted by Crippen LogP contribution is 2.39. The molecule has 1 heterocycles. The summed E-state index contributed by atoms with van der Waals surface area (Å²) in [4.78, 5) is 0. The zero-order valence-electron chi connectivity index (χ0n) is 7.58. The summed E-state index contributed by atoms with van der Waals surface area (Å²) in [7, 11) is 1.54. The average molecular weight is 229 g/mol. The van der Waals surface area contributed by atoms with Crippen LogP contribution in [0, 0.1) is 0 Å². The van der Waals surface area contributed by atoms with E-state index in [4.69, 9.17) is 16.3 Å². The highest BCUT2D eigenvalue weighted by atomic mass is 35.5. The van der Waals surface area contributed by atoms with Gasteiger partial charge in [-0.15, -0.1) is 22.9 Å². The number of alkyl halides is 1. The number of phenols is 1. The predicted molar refractivity (Wildman–Crippen MR) is 59.6 cm³/mol. The number of benzene rings is 1. The van der Waals surface area contributed by atoms with Gasteiger partial charge in [-0.3, -0.25) is 0 Å². The minimum Gasteiger partial charge on any atom is -0.504 e. The Labute approximate surface area is 90.7 Å². The third-order valence-corrected chi connectivity index (χ3v) is 3.40. The third-order valence-electron chi connectivity index (χ3n) is 2.12. The molecular formula is C10H9ClO2S. The van der Waals surface area contributed by atoms with Gasteiger partial charge in [0.15, 0.2) is 11.5 Å². The van der Waals surface area contributed by atoms with Gasteiger partial charge < -0.3 is 9.84 Å². The summed E-state index contributed by atoms with van der Waals surface area (Å²) < 4.78 is 6.06. The van der Waals surface area contributed by atoms with Crippen LogP contribution in [0.25, 0.3) is 10.1 Å². The van der Waals surface area contributed by atoms with Crippen LogP contribution in [-0.2, 0) is 5.88 Å². The summed E-state index contributed by atoms with van der Waals surface area (Å²) in [6.45, 7) is 0. The van der Waals surface area contributed by atoms with Gasteiger partial charge in [0, 0.05) is 16.0 Å². The minimum atomic E-state index is 0.182. The highest BCUT2D eigenvalue weighted by Gasteiger charge is 2.11. The molecule has 2 aromatic rings. The number of phenolic OH excluding ortho intramolecular Hbond substituents is 1. The Bertz CT molecular complexity index is 464. The lowest BCUT2D eigenvalue weighted by Gasteiger charge is -2.04. The van der Waals surface area contributed by atoms with E-state index < -0.39 is 0 Å². The monoisotopic (exact) mass is 228 g/mol. The summed E-state index contributed by atoms with van der Waals surface area (Å²) in [5, 5.41) is 12.6. The van der Waals surface area contributed by atoms with Crippen molar-refractivity contribution < 1.29 is 9.84 Å². The molecule has 0 atom stereocenters. The van der Waals surface area contributed by atoms with Gasteiger partial charge in [0.25, 0.3) is 0 Å². The molecule has 2 rings (SSSR count). The fraction of sp³-hybridized carbons (Fsp3) is 0.200. The van der Waals surface area contributed by atoms with Gasteiger partial charge in [0.2, 0.25) is 0 Å². The van der Waals surface area contributed by atoms with Gasteiger partial charge in [-0.05, 0) is 23.1 Å². The average Bonchev–Trinajstić information content (AvgIpc) is 2.62. The van der Waals surface area contributed by atoms with Crippen molar-refractivity contribution in [3.8, 4) is 11.5 Å². The Morgan fingerprint density at radius 2 is 2.29 bits per heavy atom. The van der Waals surface area contributed by atoms with Gasteiger partial charge in [0.1, 0.15) is 0 Å². The van der Waals surface area contributed by atoms with Crippen LogP contribution in [0.2, 0.25) is 0 Å². The van der Waals surface area contributed by atoms with Crippen LogP contribution in [0.5, 0.6) is 11.5 Å². The molecule has 0 amide bonds. The minimum absolute atomic E-state index is 0.182. The zero-order chi connectivity index (χ0) is 10.1. The topological polar surface area (TPSA) is 29.5 Å². The molecular weight excluding hydrogens is 220 g/mol. The van der Waals surface area contributed by atoms with E-state index in [1.54, 1.807) is 17.4 Å². The van der Waals surface area contributed by atoms with Crippen LogP contribution in [0.4, 0.5) is 0 Å². The Hall–Kier alpha value is -0.930. The standard InChI is InChI=1S/C10H9ClO2S/c1-13-7-2-3-8-9(10(7)12)6(4-11)5-14-8/h2-3,5,12H,4H2,1H3. The summed E-state index contributed by atoms with van der Waals surface area (Å²) >= 11 is 7.34. The fourth-order valence-electron chi connectivity index (χ4n) is 1.42. The lowest BCUT2D eigenvalue weighted by Crippen LogP contribution is -1.84. The summed E-state index contributed by atoms with van der Waals surface area (Å²) in [6, 6.07) is 3.68. The molecule has 0 spiro atoms. The molecule has 1 aromatic carbocycles. The smallest absolute Gasteiger partial charge is 0.166 e. The van der Waals surface area contributed by atoms with Crippen LogP contribution in [0.3, 0.4) is 0 Å². The molecule has 0 aliphatic carbocycles. The first kappa shape index (κ1) is 9.62. The van der Waals surface area contributed by atoms with Gasteiger partial charge in [-0.25, -0.2) is 0 Å². The molecule has 0 aliphatic rings. The lowest BCUT2D eigenvalue weighted by atomic mass is 10.1. The molecule has 0 saturated carbocycles. The number of halogens is 1. The van der Waals surface area contributed by atoms with Crippen molar-refractivity contribution in [3.63, 3.8) is 0 Å². The Kier molecular flexibility index (Phi) is 2.52. The Morgan fingerprint density at radius 3 is 2.93 bits per heavy atom. The second-order valence-electron chi connectivity index (χ2n) is 2.88. The normalized spacial score (nSPS) is 10.7. The third kappa shape index (κ3) is 1.33. The number of ether oxygens (including phenoxy) is 1. The molecule has 1 N–H and O–H groups in total. The maximum Gasteiger partial charge on any atom is 0.166 e. The molecule has 0 bridgehead atoms. The first-order valence-corrected chi connectivity index (χ1v) is 5.51. The Balaban J connectivity index is 2.77. The molecule has 0 fully saturated rings.